The molecule has 1 N–H and O–H groups in total. The number of carboxylic acids is 1. The Morgan fingerprint density at radius 3 is 2.17 bits per heavy atom. The van der Waals surface area contributed by atoms with E-state index in [-0.39, 0.29) is 0 Å². The highest BCUT2D eigenvalue weighted by molar-refractivity contribution is 9.10. The third-order valence-electron chi connectivity index (χ3n) is 4.27. The number of hydrogen-bond acceptors (Lipinski definition) is 1. The number of fused-ring (bicyclic) bond motifs is 3. The average molecular weight is 377 g/mol. The fourth-order valence-electron chi connectivity index (χ4n) is 3.21. The summed E-state index contributed by atoms with van der Waals surface area (Å²) < 4.78 is 0.758. The van der Waals surface area contributed by atoms with Crippen molar-refractivity contribution in [3.05, 3.63) is 82.8 Å². The Balaban J connectivity index is 2.16. The van der Waals surface area contributed by atoms with Gasteiger partial charge in [-0.25, -0.2) is 4.79 Å². The van der Waals surface area contributed by atoms with Crippen LogP contribution in [0.4, 0.5) is 0 Å². The van der Waals surface area contributed by atoms with Crippen LogP contribution in [0, 0.1) is 0 Å². The number of rotatable bonds is 2. The van der Waals surface area contributed by atoms with Crippen LogP contribution in [0.2, 0.25) is 0 Å². The first kappa shape index (κ1) is 14.9. The first-order valence-electron chi connectivity index (χ1n) is 7.59. The van der Waals surface area contributed by atoms with Gasteiger partial charge in [-0.05, 0) is 50.9 Å². The lowest BCUT2D eigenvalue weighted by molar-refractivity contribution is 0.0697. The summed E-state index contributed by atoms with van der Waals surface area (Å²) in [6.07, 6.45) is 0. The van der Waals surface area contributed by atoms with Crippen LogP contribution in [0.1, 0.15) is 10.4 Å². The number of aromatic carboxylic acids is 1. The molecule has 116 valence electrons. The fraction of sp³-hybridized carbons (Fsp3) is 0. The molecule has 0 radical (unpaired) electrons. The van der Waals surface area contributed by atoms with Crippen molar-refractivity contribution in [3.63, 3.8) is 0 Å². The van der Waals surface area contributed by atoms with E-state index in [9.17, 15) is 9.90 Å². The summed E-state index contributed by atoms with van der Waals surface area (Å²) in [5, 5.41) is 14.1. The lowest BCUT2D eigenvalue weighted by Gasteiger charge is -2.13. The highest BCUT2D eigenvalue weighted by Crippen LogP contribution is 2.37. The van der Waals surface area contributed by atoms with Gasteiger partial charge in [-0.15, -0.1) is 0 Å². The second-order valence-electron chi connectivity index (χ2n) is 5.69. The van der Waals surface area contributed by atoms with E-state index in [1.807, 2.05) is 42.5 Å². The summed E-state index contributed by atoms with van der Waals surface area (Å²) in [5.74, 6) is -0.927. The van der Waals surface area contributed by atoms with Crippen LogP contribution in [0.5, 0.6) is 0 Å². The molecule has 0 aromatic heterocycles. The molecule has 4 rings (SSSR count). The molecule has 0 aliphatic carbocycles. The zero-order valence-corrected chi connectivity index (χ0v) is 14.2. The standard InChI is InChI=1S/C21H13BrO2/c22-14-9-10-18(20(12-14)21(23)24)19-11-13-5-1-2-6-15(13)16-7-3-4-8-17(16)19/h1-12H,(H,23,24). The molecule has 3 heteroatoms. The maximum absolute atomic E-state index is 11.7. The molecule has 0 saturated heterocycles. The van der Waals surface area contributed by atoms with Crippen LogP contribution in [-0.4, -0.2) is 11.1 Å². The Hall–Kier alpha value is -2.65. The molecule has 0 aliphatic rings. The van der Waals surface area contributed by atoms with Crippen LogP contribution in [-0.2, 0) is 0 Å². The summed E-state index contributed by atoms with van der Waals surface area (Å²) in [7, 11) is 0. The Kier molecular flexibility index (Phi) is 3.58. The van der Waals surface area contributed by atoms with Gasteiger partial charge in [0.25, 0.3) is 0 Å². The third kappa shape index (κ3) is 2.38. The Morgan fingerprint density at radius 1 is 0.750 bits per heavy atom. The highest BCUT2D eigenvalue weighted by Gasteiger charge is 2.15. The molecule has 0 aliphatic heterocycles. The van der Waals surface area contributed by atoms with Crippen LogP contribution in [0.15, 0.2) is 77.3 Å². The molecule has 0 unspecified atom stereocenters. The van der Waals surface area contributed by atoms with E-state index < -0.39 is 5.97 Å². The van der Waals surface area contributed by atoms with Crippen LogP contribution in [0.3, 0.4) is 0 Å². The fourth-order valence-corrected chi connectivity index (χ4v) is 3.57. The maximum atomic E-state index is 11.7. The van der Waals surface area contributed by atoms with Crippen molar-refractivity contribution in [2.45, 2.75) is 0 Å². The normalized spacial score (nSPS) is 11.0. The van der Waals surface area contributed by atoms with Crippen molar-refractivity contribution >= 4 is 43.4 Å². The van der Waals surface area contributed by atoms with E-state index >= 15 is 0 Å². The average Bonchev–Trinajstić information content (AvgIpc) is 2.61. The van der Waals surface area contributed by atoms with Crippen LogP contribution in [0.25, 0.3) is 32.7 Å². The zero-order valence-electron chi connectivity index (χ0n) is 12.7. The molecule has 0 bridgehead atoms. The number of carbonyl (C=O) groups is 1. The van der Waals surface area contributed by atoms with Crippen LogP contribution < -0.4 is 0 Å². The number of hydrogen-bond donors (Lipinski definition) is 1. The molecule has 4 aromatic rings. The molecule has 4 aromatic carbocycles. The predicted molar refractivity (Wildman–Crippen MR) is 102 cm³/mol. The minimum Gasteiger partial charge on any atom is -0.478 e. The quantitative estimate of drug-likeness (QED) is 0.427. The van der Waals surface area contributed by atoms with Gasteiger partial charge < -0.3 is 5.11 Å². The van der Waals surface area contributed by atoms with E-state index in [4.69, 9.17) is 0 Å². The van der Waals surface area contributed by atoms with Crippen molar-refractivity contribution in [2.75, 3.05) is 0 Å². The van der Waals surface area contributed by atoms with E-state index in [2.05, 4.69) is 40.2 Å². The largest absolute Gasteiger partial charge is 0.478 e. The van der Waals surface area contributed by atoms with Gasteiger partial charge in [0, 0.05) is 4.47 Å². The molecule has 0 spiro atoms. The van der Waals surface area contributed by atoms with Gasteiger partial charge in [-0.2, -0.15) is 0 Å². The molecular formula is C21H13BrO2. The minimum atomic E-state index is -0.927. The lowest BCUT2D eigenvalue weighted by Crippen LogP contribution is -2.00. The first-order valence-corrected chi connectivity index (χ1v) is 8.38. The molecule has 0 fully saturated rings. The number of benzene rings is 4. The zero-order chi connectivity index (χ0) is 16.7. The van der Waals surface area contributed by atoms with Gasteiger partial charge in [-0.3, -0.25) is 0 Å². The van der Waals surface area contributed by atoms with Crippen molar-refractivity contribution in [3.8, 4) is 11.1 Å². The smallest absolute Gasteiger partial charge is 0.336 e. The van der Waals surface area contributed by atoms with Crippen molar-refractivity contribution in [1.82, 2.24) is 0 Å². The molecule has 24 heavy (non-hydrogen) atoms. The minimum absolute atomic E-state index is 0.296. The predicted octanol–water partition coefficient (Wildman–Crippen LogP) is 6.12. The van der Waals surface area contributed by atoms with Crippen LogP contribution >= 0.6 is 15.9 Å². The van der Waals surface area contributed by atoms with Gasteiger partial charge in [0.15, 0.2) is 0 Å². The van der Waals surface area contributed by atoms with Gasteiger partial charge >= 0.3 is 5.97 Å². The SMILES string of the molecule is O=C(O)c1cc(Br)ccc1-c1cc2ccccc2c2ccccc12. The summed E-state index contributed by atoms with van der Waals surface area (Å²) in [5.41, 5.74) is 1.96. The van der Waals surface area contributed by atoms with E-state index in [1.165, 1.54) is 5.39 Å². The lowest BCUT2D eigenvalue weighted by atomic mass is 9.91. The van der Waals surface area contributed by atoms with Crippen molar-refractivity contribution in [2.24, 2.45) is 0 Å². The molecule has 0 amide bonds. The monoisotopic (exact) mass is 376 g/mol. The Labute approximate surface area is 147 Å². The van der Waals surface area contributed by atoms with Crippen molar-refractivity contribution < 1.29 is 9.90 Å². The molecule has 2 nitrogen and oxygen atoms in total. The second kappa shape index (κ2) is 5.77. The number of halogens is 1. The summed E-state index contributed by atoms with van der Waals surface area (Å²) >= 11 is 3.36. The maximum Gasteiger partial charge on any atom is 0.336 e. The number of carboxylic acid groups (broad SMARTS) is 1. The van der Waals surface area contributed by atoms with E-state index in [1.54, 1.807) is 6.07 Å². The third-order valence-corrected chi connectivity index (χ3v) is 4.76. The topological polar surface area (TPSA) is 37.3 Å². The van der Waals surface area contributed by atoms with E-state index in [0.717, 1.165) is 31.8 Å². The molecule has 0 atom stereocenters. The Bertz CT molecular complexity index is 1100. The van der Waals surface area contributed by atoms with E-state index in [0.29, 0.717) is 5.56 Å². The highest BCUT2D eigenvalue weighted by atomic mass is 79.9. The first-order chi connectivity index (χ1) is 11.6. The summed E-state index contributed by atoms with van der Waals surface area (Å²) in [6, 6.07) is 23.8. The van der Waals surface area contributed by atoms with Gasteiger partial charge in [0.05, 0.1) is 5.56 Å². The molecule has 0 heterocycles. The van der Waals surface area contributed by atoms with Crippen molar-refractivity contribution in [1.29, 1.82) is 0 Å². The van der Waals surface area contributed by atoms with Gasteiger partial charge in [0.2, 0.25) is 0 Å². The Morgan fingerprint density at radius 2 is 1.42 bits per heavy atom. The summed E-state index contributed by atoms with van der Waals surface area (Å²) in [4.78, 5) is 11.7. The molecule has 0 saturated carbocycles. The van der Waals surface area contributed by atoms with Gasteiger partial charge in [-0.1, -0.05) is 70.5 Å². The van der Waals surface area contributed by atoms with Gasteiger partial charge in [0.1, 0.15) is 0 Å². The second-order valence-corrected chi connectivity index (χ2v) is 6.60. The summed E-state index contributed by atoms with van der Waals surface area (Å²) in [6.45, 7) is 0. The molecular weight excluding hydrogens is 364 g/mol.